The van der Waals surface area contributed by atoms with Crippen molar-refractivity contribution in [2.75, 3.05) is 11.9 Å². The van der Waals surface area contributed by atoms with E-state index < -0.39 is 0 Å². The van der Waals surface area contributed by atoms with Gasteiger partial charge in [0.25, 0.3) is 0 Å². The summed E-state index contributed by atoms with van der Waals surface area (Å²) in [6.45, 7) is 7.00. The molecule has 0 radical (unpaired) electrons. The number of aromatic nitrogens is 2. The Hall–Kier alpha value is -1.36. The van der Waals surface area contributed by atoms with Crippen LogP contribution in [0.25, 0.3) is 11.6 Å². The molecule has 96 valence electrons. The molecule has 0 saturated heterocycles. The topological polar surface area (TPSA) is 51.0 Å². The lowest BCUT2D eigenvalue weighted by Crippen LogP contribution is -2.07. The van der Waals surface area contributed by atoms with Crippen LogP contribution in [0, 0.1) is 6.92 Å². The Labute approximate surface area is 115 Å². The highest BCUT2D eigenvalue weighted by Gasteiger charge is 2.15. The molecule has 0 bridgehead atoms. The Bertz CT molecular complexity index is 551. The van der Waals surface area contributed by atoms with E-state index in [1.807, 2.05) is 13.0 Å². The molecule has 18 heavy (non-hydrogen) atoms. The highest BCUT2D eigenvalue weighted by atomic mass is 79.9. The van der Waals surface area contributed by atoms with Crippen molar-refractivity contribution >= 4 is 21.7 Å². The summed E-state index contributed by atoms with van der Waals surface area (Å²) < 4.78 is 6.28. The minimum atomic E-state index is 0.609. The minimum Gasteiger partial charge on any atom is -0.460 e. The summed E-state index contributed by atoms with van der Waals surface area (Å²) in [4.78, 5) is 9.07. The van der Waals surface area contributed by atoms with Crippen LogP contribution in [0.1, 0.15) is 25.1 Å². The first kappa shape index (κ1) is 13.1. The first-order valence-electron chi connectivity index (χ1n) is 6.02. The van der Waals surface area contributed by atoms with Gasteiger partial charge in [-0.05, 0) is 42.3 Å². The molecule has 0 saturated carbocycles. The third-order valence-electron chi connectivity index (χ3n) is 2.73. The van der Waals surface area contributed by atoms with E-state index >= 15 is 0 Å². The van der Waals surface area contributed by atoms with Crippen molar-refractivity contribution in [1.29, 1.82) is 0 Å². The van der Waals surface area contributed by atoms with Crippen molar-refractivity contribution in [1.82, 2.24) is 9.97 Å². The molecule has 5 heteroatoms. The van der Waals surface area contributed by atoms with Gasteiger partial charge in [-0.2, -0.15) is 0 Å². The molecule has 2 heterocycles. The average molecular weight is 310 g/mol. The molecule has 2 rings (SSSR count). The van der Waals surface area contributed by atoms with Crippen molar-refractivity contribution in [2.24, 2.45) is 0 Å². The van der Waals surface area contributed by atoms with E-state index in [0.29, 0.717) is 11.6 Å². The van der Waals surface area contributed by atoms with Gasteiger partial charge in [-0.15, -0.1) is 0 Å². The molecule has 4 nitrogen and oxygen atoms in total. The molecular weight excluding hydrogens is 294 g/mol. The van der Waals surface area contributed by atoms with Crippen LogP contribution in [0.15, 0.2) is 21.2 Å². The Kier molecular flexibility index (Phi) is 4.01. The zero-order chi connectivity index (χ0) is 13.1. The zero-order valence-corrected chi connectivity index (χ0v) is 12.3. The number of nitrogens with zero attached hydrogens (tertiary/aromatic N) is 2. The average Bonchev–Trinajstić information content (AvgIpc) is 2.75. The van der Waals surface area contributed by atoms with Gasteiger partial charge in [0.2, 0.25) is 0 Å². The first-order chi connectivity index (χ1) is 8.67. The SMILES string of the molecule is CCNc1nc(-c2occc2Br)nc(C)c1CC. The van der Waals surface area contributed by atoms with Gasteiger partial charge in [0.15, 0.2) is 11.6 Å². The summed E-state index contributed by atoms with van der Waals surface area (Å²) in [5.74, 6) is 2.17. The van der Waals surface area contributed by atoms with E-state index in [4.69, 9.17) is 4.42 Å². The lowest BCUT2D eigenvalue weighted by molar-refractivity contribution is 0.575. The molecule has 0 atom stereocenters. The molecule has 0 aromatic carbocycles. The standard InChI is InChI=1S/C13H16BrN3O/c1-4-9-8(3)16-13(17-12(9)15-5-2)11-10(14)6-7-18-11/h6-7H,4-5H2,1-3H3,(H,15,16,17). The number of halogens is 1. The molecular formula is C13H16BrN3O. The van der Waals surface area contributed by atoms with Gasteiger partial charge < -0.3 is 9.73 Å². The monoisotopic (exact) mass is 309 g/mol. The Morgan fingerprint density at radius 2 is 2.11 bits per heavy atom. The van der Waals surface area contributed by atoms with E-state index in [1.54, 1.807) is 6.26 Å². The third kappa shape index (κ3) is 2.41. The summed E-state index contributed by atoms with van der Waals surface area (Å²) in [5, 5.41) is 3.28. The first-order valence-corrected chi connectivity index (χ1v) is 6.81. The van der Waals surface area contributed by atoms with E-state index in [2.05, 4.69) is 45.1 Å². The Morgan fingerprint density at radius 1 is 1.33 bits per heavy atom. The second-order valence-corrected chi connectivity index (χ2v) is 4.80. The van der Waals surface area contributed by atoms with Crippen molar-refractivity contribution < 1.29 is 4.42 Å². The highest BCUT2D eigenvalue weighted by Crippen LogP contribution is 2.29. The predicted molar refractivity (Wildman–Crippen MR) is 75.7 cm³/mol. The van der Waals surface area contributed by atoms with Gasteiger partial charge in [-0.1, -0.05) is 6.92 Å². The third-order valence-corrected chi connectivity index (χ3v) is 3.36. The van der Waals surface area contributed by atoms with Crippen molar-refractivity contribution in [2.45, 2.75) is 27.2 Å². The summed E-state index contributed by atoms with van der Waals surface area (Å²) in [5.41, 5.74) is 2.14. The Balaban J connectivity index is 2.54. The summed E-state index contributed by atoms with van der Waals surface area (Å²) in [6.07, 6.45) is 2.53. The molecule has 2 aromatic heterocycles. The molecule has 0 unspecified atom stereocenters. The molecule has 0 aliphatic heterocycles. The zero-order valence-electron chi connectivity index (χ0n) is 10.7. The second-order valence-electron chi connectivity index (χ2n) is 3.94. The maximum atomic E-state index is 5.41. The van der Waals surface area contributed by atoms with Gasteiger partial charge in [0.05, 0.1) is 10.7 Å². The van der Waals surface area contributed by atoms with Gasteiger partial charge in [-0.3, -0.25) is 0 Å². The van der Waals surface area contributed by atoms with Crippen LogP contribution in [-0.2, 0) is 6.42 Å². The summed E-state index contributed by atoms with van der Waals surface area (Å²) in [7, 11) is 0. The smallest absolute Gasteiger partial charge is 0.199 e. The van der Waals surface area contributed by atoms with E-state index in [0.717, 1.165) is 34.5 Å². The fourth-order valence-corrected chi connectivity index (χ4v) is 2.27. The lowest BCUT2D eigenvalue weighted by Gasteiger charge is -2.12. The number of nitrogens with one attached hydrogen (secondary N) is 1. The normalized spacial score (nSPS) is 10.7. The Morgan fingerprint density at radius 3 is 2.67 bits per heavy atom. The summed E-state index contributed by atoms with van der Waals surface area (Å²) >= 11 is 3.43. The van der Waals surface area contributed by atoms with E-state index in [9.17, 15) is 0 Å². The molecule has 0 fully saturated rings. The number of rotatable bonds is 4. The van der Waals surface area contributed by atoms with Crippen LogP contribution in [0.2, 0.25) is 0 Å². The maximum absolute atomic E-state index is 5.41. The van der Waals surface area contributed by atoms with Crippen LogP contribution < -0.4 is 5.32 Å². The molecule has 0 spiro atoms. The molecule has 2 aromatic rings. The van der Waals surface area contributed by atoms with E-state index in [-0.39, 0.29) is 0 Å². The predicted octanol–water partition coefficient (Wildman–Crippen LogP) is 3.80. The van der Waals surface area contributed by atoms with Crippen LogP contribution in [0.5, 0.6) is 0 Å². The van der Waals surface area contributed by atoms with Crippen LogP contribution >= 0.6 is 15.9 Å². The van der Waals surface area contributed by atoms with Crippen LogP contribution in [0.3, 0.4) is 0 Å². The fraction of sp³-hybridized carbons (Fsp3) is 0.385. The maximum Gasteiger partial charge on any atom is 0.199 e. The van der Waals surface area contributed by atoms with Crippen molar-refractivity contribution in [3.63, 3.8) is 0 Å². The number of hydrogen-bond donors (Lipinski definition) is 1. The van der Waals surface area contributed by atoms with Crippen molar-refractivity contribution in [3.8, 4) is 11.6 Å². The molecule has 0 aliphatic rings. The number of aryl methyl sites for hydroxylation is 1. The molecule has 0 aliphatic carbocycles. The highest BCUT2D eigenvalue weighted by molar-refractivity contribution is 9.10. The van der Waals surface area contributed by atoms with Gasteiger partial charge in [0, 0.05) is 17.8 Å². The quantitative estimate of drug-likeness (QED) is 0.933. The largest absolute Gasteiger partial charge is 0.460 e. The molecule has 0 amide bonds. The van der Waals surface area contributed by atoms with E-state index in [1.165, 1.54) is 0 Å². The van der Waals surface area contributed by atoms with Gasteiger partial charge in [0.1, 0.15) is 5.82 Å². The molecule has 1 N–H and O–H groups in total. The lowest BCUT2D eigenvalue weighted by atomic mass is 10.1. The number of furan rings is 1. The van der Waals surface area contributed by atoms with Gasteiger partial charge >= 0.3 is 0 Å². The number of hydrogen-bond acceptors (Lipinski definition) is 4. The minimum absolute atomic E-state index is 0.609. The van der Waals surface area contributed by atoms with Crippen LogP contribution in [0.4, 0.5) is 5.82 Å². The fourth-order valence-electron chi connectivity index (χ4n) is 1.89. The summed E-state index contributed by atoms with van der Waals surface area (Å²) in [6, 6.07) is 1.84. The number of anilines is 1. The van der Waals surface area contributed by atoms with Crippen molar-refractivity contribution in [3.05, 3.63) is 28.1 Å². The van der Waals surface area contributed by atoms with Gasteiger partial charge in [-0.25, -0.2) is 9.97 Å². The second kappa shape index (κ2) is 5.52. The van der Waals surface area contributed by atoms with Crippen LogP contribution in [-0.4, -0.2) is 16.5 Å².